The molecule has 106 valence electrons. The van der Waals surface area contributed by atoms with Crippen LogP contribution < -0.4 is 4.90 Å². The zero-order valence-electron chi connectivity index (χ0n) is 11.8. The van der Waals surface area contributed by atoms with E-state index in [0.29, 0.717) is 18.8 Å². The molecule has 0 spiro atoms. The third-order valence-electron chi connectivity index (χ3n) is 3.02. The van der Waals surface area contributed by atoms with Crippen LogP contribution in [0, 0.1) is 27.4 Å². The highest BCUT2D eigenvalue weighted by molar-refractivity contribution is 5.98. The highest BCUT2D eigenvalue weighted by atomic mass is 16.6. The second kappa shape index (κ2) is 6.66. The first-order chi connectivity index (χ1) is 9.40. The molecule has 1 atom stereocenters. The fourth-order valence-electron chi connectivity index (χ4n) is 1.95. The molecule has 0 amide bonds. The van der Waals surface area contributed by atoms with E-state index in [1.165, 1.54) is 19.1 Å². The number of Topliss-reactive ketones (excluding diaryl/α,β-unsaturated/α-hetero) is 1. The average molecular weight is 275 g/mol. The number of carbonyl (C=O) groups excluding carboxylic acids is 1. The van der Waals surface area contributed by atoms with Gasteiger partial charge in [-0.25, -0.2) is 0 Å². The maximum Gasteiger partial charge on any atom is 0.282 e. The number of nitrogens with zero attached hydrogens (tertiary/aromatic N) is 3. The largest absolute Gasteiger partial charge is 0.370 e. The van der Waals surface area contributed by atoms with Crippen molar-refractivity contribution in [3.05, 3.63) is 33.9 Å². The Morgan fingerprint density at radius 1 is 1.55 bits per heavy atom. The number of anilines is 1. The van der Waals surface area contributed by atoms with E-state index in [1.807, 2.05) is 11.8 Å². The van der Waals surface area contributed by atoms with E-state index in [2.05, 4.69) is 6.07 Å². The van der Waals surface area contributed by atoms with Crippen molar-refractivity contribution in [2.45, 2.75) is 20.8 Å². The van der Waals surface area contributed by atoms with Crippen molar-refractivity contribution < 1.29 is 9.72 Å². The van der Waals surface area contributed by atoms with Crippen molar-refractivity contribution >= 4 is 17.2 Å². The quantitative estimate of drug-likeness (QED) is 0.452. The average Bonchev–Trinajstić information content (AvgIpc) is 2.43. The summed E-state index contributed by atoms with van der Waals surface area (Å²) in [6, 6.07) is 6.68. The lowest BCUT2D eigenvalue weighted by Crippen LogP contribution is -2.27. The standard InChI is InChI=1S/C14H17N3O3/c1-4-16(9-10(2)8-15)12-5-6-13(11(3)18)14(7-12)17(19)20/h5-7,10H,4,9H2,1-3H3. The molecule has 6 heteroatoms. The van der Waals surface area contributed by atoms with Crippen LogP contribution in [0.3, 0.4) is 0 Å². The minimum atomic E-state index is -0.554. The van der Waals surface area contributed by atoms with Gasteiger partial charge in [-0.1, -0.05) is 0 Å². The van der Waals surface area contributed by atoms with Crippen LogP contribution in [0.4, 0.5) is 11.4 Å². The van der Waals surface area contributed by atoms with Gasteiger partial charge in [-0.3, -0.25) is 14.9 Å². The SMILES string of the molecule is CCN(CC(C)C#N)c1ccc(C(C)=O)c([N+](=O)[O-])c1. The Kier molecular flexibility index (Phi) is 5.21. The molecule has 1 rings (SSSR count). The van der Waals surface area contributed by atoms with Gasteiger partial charge in [0.05, 0.1) is 22.5 Å². The van der Waals surface area contributed by atoms with Gasteiger partial charge in [0, 0.05) is 24.8 Å². The minimum absolute atomic E-state index is 0.100. The van der Waals surface area contributed by atoms with E-state index in [9.17, 15) is 14.9 Å². The molecule has 6 nitrogen and oxygen atoms in total. The zero-order valence-corrected chi connectivity index (χ0v) is 11.8. The highest BCUT2D eigenvalue weighted by Gasteiger charge is 2.20. The van der Waals surface area contributed by atoms with Gasteiger partial charge >= 0.3 is 0 Å². The van der Waals surface area contributed by atoms with Crippen LogP contribution in [0.2, 0.25) is 0 Å². The fourth-order valence-corrected chi connectivity index (χ4v) is 1.95. The number of ketones is 1. The first kappa shape index (κ1) is 15.6. The molecule has 0 heterocycles. The van der Waals surface area contributed by atoms with Crippen LogP contribution in [0.15, 0.2) is 18.2 Å². The molecule has 0 saturated heterocycles. The summed E-state index contributed by atoms with van der Waals surface area (Å²) in [6.45, 7) is 6.12. The predicted octanol–water partition coefficient (Wildman–Crippen LogP) is 2.78. The molecule has 1 aromatic rings. The van der Waals surface area contributed by atoms with Crippen LogP contribution in [-0.4, -0.2) is 23.8 Å². The Labute approximate surface area is 117 Å². The Bertz CT molecular complexity index is 563. The summed E-state index contributed by atoms with van der Waals surface area (Å²) in [5, 5.41) is 19.9. The predicted molar refractivity (Wildman–Crippen MR) is 75.8 cm³/mol. The highest BCUT2D eigenvalue weighted by Crippen LogP contribution is 2.26. The monoisotopic (exact) mass is 275 g/mol. The summed E-state index contributed by atoms with van der Waals surface area (Å²) in [7, 11) is 0. The number of nitriles is 1. The molecular weight excluding hydrogens is 258 g/mol. The van der Waals surface area contributed by atoms with Crippen LogP contribution in [0.1, 0.15) is 31.1 Å². The van der Waals surface area contributed by atoms with E-state index in [0.717, 1.165) is 0 Å². The summed E-state index contributed by atoms with van der Waals surface area (Å²) in [5.74, 6) is -0.516. The van der Waals surface area contributed by atoms with Crippen LogP contribution in [0.25, 0.3) is 0 Å². The summed E-state index contributed by atoms with van der Waals surface area (Å²) in [5.41, 5.74) is 0.549. The maximum absolute atomic E-state index is 11.4. The first-order valence-corrected chi connectivity index (χ1v) is 6.34. The number of benzene rings is 1. The number of nitro groups is 1. The van der Waals surface area contributed by atoms with Crippen molar-refractivity contribution in [2.24, 2.45) is 5.92 Å². The smallest absolute Gasteiger partial charge is 0.282 e. The first-order valence-electron chi connectivity index (χ1n) is 6.34. The van der Waals surface area contributed by atoms with Gasteiger partial charge in [0.1, 0.15) is 0 Å². The lowest BCUT2D eigenvalue weighted by atomic mass is 10.1. The molecule has 0 aliphatic heterocycles. The Hall–Kier alpha value is -2.42. The summed E-state index contributed by atoms with van der Waals surface area (Å²) >= 11 is 0. The molecule has 0 N–H and O–H groups in total. The molecule has 0 fully saturated rings. The van der Waals surface area contributed by atoms with Crippen molar-refractivity contribution in [2.75, 3.05) is 18.0 Å². The molecule has 1 unspecified atom stereocenters. The number of carbonyl (C=O) groups is 1. The lowest BCUT2D eigenvalue weighted by Gasteiger charge is -2.24. The summed E-state index contributed by atoms with van der Waals surface area (Å²) < 4.78 is 0. The fraction of sp³-hybridized carbons (Fsp3) is 0.429. The van der Waals surface area contributed by atoms with E-state index in [4.69, 9.17) is 5.26 Å². The van der Waals surface area contributed by atoms with Crippen molar-refractivity contribution in [3.63, 3.8) is 0 Å². The molecule has 1 aromatic carbocycles. The van der Waals surface area contributed by atoms with Crippen LogP contribution >= 0.6 is 0 Å². The van der Waals surface area contributed by atoms with Gasteiger partial charge in [-0.2, -0.15) is 5.26 Å². The molecular formula is C14H17N3O3. The molecule has 0 bridgehead atoms. The van der Waals surface area contributed by atoms with Gasteiger partial charge in [-0.15, -0.1) is 0 Å². The topological polar surface area (TPSA) is 87.2 Å². The summed E-state index contributed by atoms with van der Waals surface area (Å²) in [4.78, 5) is 23.8. The normalized spacial score (nSPS) is 11.5. The second-order valence-electron chi connectivity index (χ2n) is 4.58. The van der Waals surface area contributed by atoms with Gasteiger partial charge in [0.15, 0.2) is 5.78 Å². The number of hydrogen-bond donors (Lipinski definition) is 0. The minimum Gasteiger partial charge on any atom is -0.370 e. The van der Waals surface area contributed by atoms with E-state index in [1.54, 1.807) is 13.0 Å². The molecule has 0 saturated carbocycles. The van der Waals surface area contributed by atoms with E-state index >= 15 is 0 Å². The lowest BCUT2D eigenvalue weighted by molar-refractivity contribution is -0.385. The maximum atomic E-state index is 11.4. The van der Waals surface area contributed by atoms with Gasteiger partial charge in [-0.05, 0) is 32.9 Å². The Morgan fingerprint density at radius 3 is 2.65 bits per heavy atom. The van der Waals surface area contributed by atoms with Gasteiger partial charge < -0.3 is 4.90 Å². The van der Waals surface area contributed by atoms with Crippen LogP contribution in [0.5, 0.6) is 0 Å². The van der Waals surface area contributed by atoms with E-state index < -0.39 is 4.92 Å². The van der Waals surface area contributed by atoms with Gasteiger partial charge in [0.25, 0.3) is 5.69 Å². The summed E-state index contributed by atoms with van der Waals surface area (Å²) in [6.07, 6.45) is 0. The van der Waals surface area contributed by atoms with Crippen molar-refractivity contribution in [1.29, 1.82) is 5.26 Å². The number of hydrogen-bond acceptors (Lipinski definition) is 5. The molecule has 0 aromatic heterocycles. The Morgan fingerprint density at radius 2 is 2.20 bits per heavy atom. The third kappa shape index (κ3) is 3.54. The molecule has 0 aliphatic rings. The van der Waals surface area contributed by atoms with Crippen molar-refractivity contribution in [1.82, 2.24) is 0 Å². The Balaban J connectivity index is 3.19. The van der Waals surface area contributed by atoms with Gasteiger partial charge in [0.2, 0.25) is 0 Å². The number of nitro benzene ring substituents is 1. The molecule has 0 aliphatic carbocycles. The van der Waals surface area contributed by atoms with Crippen molar-refractivity contribution in [3.8, 4) is 6.07 Å². The van der Waals surface area contributed by atoms with Crippen LogP contribution in [-0.2, 0) is 0 Å². The second-order valence-corrected chi connectivity index (χ2v) is 4.58. The number of rotatable bonds is 6. The third-order valence-corrected chi connectivity index (χ3v) is 3.02. The zero-order chi connectivity index (χ0) is 15.3. The van der Waals surface area contributed by atoms with E-state index in [-0.39, 0.29) is 23.0 Å². The molecule has 0 radical (unpaired) electrons. The molecule has 20 heavy (non-hydrogen) atoms.